The Labute approximate surface area is 150 Å². The monoisotopic (exact) mass is 401 g/mol. The molecule has 1 fully saturated rings. The van der Waals surface area contributed by atoms with Gasteiger partial charge < -0.3 is 29.4 Å². The Kier molecular flexibility index (Phi) is 7.54. The number of rotatable bonds is 5. The molecule has 1 aliphatic heterocycles. The maximum absolute atomic E-state index is 12.5. The van der Waals surface area contributed by atoms with Crippen molar-refractivity contribution in [2.24, 2.45) is 0 Å². The summed E-state index contributed by atoms with van der Waals surface area (Å²) in [5, 5.41) is 11.4. The van der Waals surface area contributed by atoms with E-state index >= 15 is 0 Å². The molecule has 27 heavy (non-hydrogen) atoms. The van der Waals surface area contributed by atoms with Crippen molar-refractivity contribution < 1.29 is 56.4 Å². The predicted molar refractivity (Wildman–Crippen MR) is 76.6 cm³/mol. The van der Waals surface area contributed by atoms with Crippen molar-refractivity contribution in [2.45, 2.75) is 57.6 Å². The van der Waals surface area contributed by atoms with E-state index in [9.17, 15) is 37.5 Å². The van der Waals surface area contributed by atoms with Gasteiger partial charge >= 0.3 is 30.0 Å². The number of aliphatic hydroxyl groups excluding tert-OH is 1. The SMILES string of the molecule is CC(=O)OC[C@H]1O[C@@H](O)[C@H](NC(=O)C(F)(F)F)[C@@H](OC(C)=O)[C@@H]1OC(C)=O. The molecule has 0 aromatic carbocycles. The maximum atomic E-state index is 12.5. The van der Waals surface area contributed by atoms with Crippen molar-refractivity contribution in [1.29, 1.82) is 0 Å². The molecular weight excluding hydrogens is 383 g/mol. The number of nitrogens with one attached hydrogen (secondary N) is 1. The summed E-state index contributed by atoms with van der Waals surface area (Å²) in [6.07, 6.45) is -12.1. The molecule has 0 aromatic heterocycles. The summed E-state index contributed by atoms with van der Waals surface area (Å²) in [4.78, 5) is 44.9. The van der Waals surface area contributed by atoms with E-state index < -0.39 is 67.2 Å². The van der Waals surface area contributed by atoms with Crippen LogP contribution in [0.25, 0.3) is 0 Å². The number of carbonyl (C=O) groups is 4. The van der Waals surface area contributed by atoms with Gasteiger partial charge in [0.1, 0.15) is 18.8 Å². The van der Waals surface area contributed by atoms with Gasteiger partial charge in [-0.1, -0.05) is 0 Å². The van der Waals surface area contributed by atoms with Crippen LogP contribution >= 0.6 is 0 Å². The van der Waals surface area contributed by atoms with Crippen LogP contribution in [-0.2, 0) is 38.1 Å². The number of hydrogen-bond acceptors (Lipinski definition) is 9. The smallest absolute Gasteiger partial charge is 0.463 e. The van der Waals surface area contributed by atoms with Gasteiger partial charge in [-0.15, -0.1) is 0 Å². The van der Waals surface area contributed by atoms with E-state index in [-0.39, 0.29) is 0 Å². The maximum Gasteiger partial charge on any atom is 0.471 e. The zero-order valence-corrected chi connectivity index (χ0v) is 14.4. The third-order valence-electron chi connectivity index (χ3n) is 3.28. The molecule has 1 amide bonds. The Morgan fingerprint density at radius 3 is 1.96 bits per heavy atom. The highest BCUT2D eigenvalue weighted by Gasteiger charge is 2.52. The highest BCUT2D eigenvalue weighted by atomic mass is 19.4. The molecular formula is C14H18F3NO9. The fraction of sp³-hybridized carbons (Fsp3) is 0.714. The third-order valence-corrected chi connectivity index (χ3v) is 3.28. The number of esters is 3. The number of alkyl halides is 3. The second kappa shape index (κ2) is 8.99. The largest absolute Gasteiger partial charge is 0.471 e. The summed E-state index contributed by atoms with van der Waals surface area (Å²) in [7, 11) is 0. The average Bonchev–Trinajstić information content (AvgIpc) is 2.49. The van der Waals surface area contributed by atoms with Gasteiger partial charge in [0.15, 0.2) is 18.5 Å². The van der Waals surface area contributed by atoms with Crippen LogP contribution in [0.1, 0.15) is 20.8 Å². The highest BCUT2D eigenvalue weighted by molar-refractivity contribution is 5.82. The molecule has 13 heteroatoms. The van der Waals surface area contributed by atoms with Gasteiger partial charge in [0.2, 0.25) is 0 Å². The molecule has 5 atom stereocenters. The van der Waals surface area contributed by atoms with Crippen LogP contribution < -0.4 is 5.32 Å². The van der Waals surface area contributed by atoms with Crippen LogP contribution in [-0.4, -0.2) is 72.3 Å². The minimum atomic E-state index is -5.30. The van der Waals surface area contributed by atoms with E-state index in [1.165, 1.54) is 5.32 Å². The number of carbonyl (C=O) groups excluding carboxylic acids is 4. The molecule has 0 aliphatic carbocycles. The Morgan fingerprint density at radius 2 is 1.52 bits per heavy atom. The molecule has 1 rings (SSSR count). The topological polar surface area (TPSA) is 137 Å². The number of aliphatic hydroxyl groups is 1. The Bertz CT molecular complexity index is 595. The van der Waals surface area contributed by atoms with Crippen molar-refractivity contribution in [1.82, 2.24) is 5.32 Å². The first-order valence-corrected chi connectivity index (χ1v) is 7.52. The first-order chi connectivity index (χ1) is 12.3. The number of hydrogen-bond donors (Lipinski definition) is 2. The Hall–Kier alpha value is -2.41. The summed E-state index contributed by atoms with van der Waals surface area (Å²) >= 11 is 0. The van der Waals surface area contributed by atoms with Gasteiger partial charge in [-0.3, -0.25) is 19.2 Å². The lowest BCUT2D eigenvalue weighted by Gasteiger charge is -2.43. The van der Waals surface area contributed by atoms with Crippen molar-refractivity contribution in [2.75, 3.05) is 6.61 Å². The number of halogens is 3. The Morgan fingerprint density at radius 1 is 1.00 bits per heavy atom. The van der Waals surface area contributed by atoms with Crippen LogP contribution in [0.15, 0.2) is 0 Å². The minimum absolute atomic E-state index is 0.567. The molecule has 0 bridgehead atoms. The molecule has 0 aromatic rings. The molecule has 1 aliphatic rings. The van der Waals surface area contributed by atoms with Gasteiger partial charge in [-0.2, -0.15) is 13.2 Å². The zero-order chi connectivity index (χ0) is 20.9. The van der Waals surface area contributed by atoms with E-state index in [0.717, 1.165) is 20.8 Å². The standard InChI is InChI=1S/C14H18F3NO9/c1-5(19)24-4-8-10(25-6(2)20)11(26-7(3)21)9(12(22)27-8)18-13(23)14(15,16)17/h8-12,22H,4H2,1-3H3,(H,18,23)/t8-,9-,10-,11-,12-/m1/s1. The molecule has 0 saturated carbocycles. The molecule has 1 saturated heterocycles. The second-order valence-electron chi connectivity index (χ2n) is 5.51. The summed E-state index contributed by atoms with van der Waals surface area (Å²) in [6.45, 7) is 2.36. The molecule has 2 N–H and O–H groups in total. The fourth-order valence-corrected chi connectivity index (χ4v) is 2.31. The molecule has 0 radical (unpaired) electrons. The lowest BCUT2D eigenvalue weighted by atomic mass is 9.96. The van der Waals surface area contributed by atoms with E-state index in [4.69, 9.17) is 18.9 Å². The van der Waals surface area contributed by atoms with E-state index in [1.54, 1.807) is 0 Å². The van der Waals surface area contributed by atoms with Gasteiger partial charge in [0.05, 0.1) is 0 Å². The Balaban J connectivity index is 3.18. The molecule has 0 unspecified atom stereocenters. The zero-order valence-electron chi connectivity index (χ0n) is 14.4. The first kappa shape index (κ1) is 22.6. The number of amides is 1. The van der Waals surface area contributed by atoms with Gasteiger partial charge in [-0.05, 0) is 0 Å². The van der Waals surface area contributed by atoms with Crippen LogP contribution in [0, 0.1) is 0 Å². The third kappa shape index (κ3) is 6.67. The van der Waals surface area contributed by atoms with E-state index in [2.05, 4.69) is 0 Å². The molecule has 10 nitrogen and oxygen atoms in total. The summed E-state index contributed by atoms with van der Waals surface area (Å²) in [5.41, 5.74) is 0. The van der Waals surface area contributed by atoms with Gasteiger partial charge in [0.25, 0.3) is 0 Å². The van der Waals surface area contributed by atoms with Gasteiger partial charge in [-0.25, -0.2) is 0 Å². The van der Waals surface area contributed by atoms with Crippen LogP contribution in [0.2, 0.25) is 0 Å². The molecule has 154 valence electrons. The van der Waals surface area contributed by atoms with Crippen molar-refractivity contribution in [3.05, 3.63) is 0 Å². The normalized spacial score (nSPS) is 28.0. The summed E-state index contributed by atoms with van der Waals surface area (Å²) in [6, 6.07) is -1.92. The summed E-state index contributed by atoms with van der Waals surface area (Å²) in [5.74, 6) is -5.12. The summed E-state index contributed by atoms with van der Waals surface area (Å²) < 4.78 is 57.1. The first-order valence-electron chi connectivity index (χ1n) is 7.52. The van der Waals surface area contributed by atoms with Crippen molar-refractivity contribution >= 4 is 23.8 Å². The highest BCUT2D eigenvalue weighted by Crippen LogP contribution is 2.27. The molecule has 0 spiro atoms. The minimum Gasteiger partial charge on any atom is -0.463 e. The lowest BCUT2D eigenvalue weighted by molar-refractivity contribution is -0.266. The van der Waals surface area contributed by atoms with E-state index in [0.29, 0.717) is 0 Å². The van der Waals surface area contributed by atoms with Crippen LogP contribution in [0.5, 0.6) is 0 Å². The molecule has 1 heterocycles. The van der Waals surface area contributed by atoms with Crippen LogP contribution in [0.4, 0.5) is 13.2 Å². The lowest BCUT2D eigenvalue weighted by Crippen LogP contribution is -2.67. The van der Waals surface area contributed by atoms with Crippen LogP contribution in [0.3, 0.4) is 0 Å². The second-order valence-corrected chi connectivity index (χ2v) is 5.51. The van der Waals surface area contributed by atoms with Gasteiger partial charge in [0, 0.05) is 20.8 Å². The van der Waals surface area contributed by atoms with Crippen molar-refractivity contribution in [3.8, 4) is 0 Å². The van der Waals surface area contributed by atoms with E-state index in [1.807, 2.05) is 0 Å². The average molecular weight is 401 g/mol. The fourth-order valence-electron chi connectivity index (χ4n) is 2.31. The van der Waals surface area contributed by atoms with Crippen molar-refractivity contribution in [3.63, 3.8) is 0 Å². The predicted octanol–water partition coefficient (Wildman–Crippen LogP) is -0.823. The number of ether oxygens (including phenoxy) is 4. The quantitative estimate of drug-likeness (QED) is 0.447.